The van der Waals surface area contributed by atoms with Gasteiger partial charge in [-0.1, -0.05) is 70.2 Å². The van der Waals surface area contributed by atoms with Gasteiger partial charge in [-0.25, -0.2) is 0 Å². The Morgan fingerprint density at radius 3 is 2.12 bits per heavy atom. The Labute approximate surface area is 198 Å². The zero-order valence-corrected chi connectivity index (χ0v) is 20.4. The van der Waals surface area contributed by atoms with Gasteiger partial charge in [0.25, 0.3) is 0 Å². The van der Waals surface area contributed by atoms with Gasteiger partial charge in [0.2, 0.25) is 11.8 Å². The lowest BCUT2D eigenvalue weighted by molar-refractivity contribution is -0.136. The van der Waals surface area contributed by atoms with Crippen LogP contribution in [0.5, 0.6) is 5.75 Å². The van der Waals surface area contributed by atoms with Gasteiger partial charge in [-0.05, 0) is 47.9 Å². The third-order valence-electron chi connectivity index (χ3n) is 6.47. The topological polar surface area (TPSA) is 58.6 Å². The number of hydrogen-bond acceptors (Lipinski definition) is 3. The smallest absolute Gasteiger partial charge is 0.225 e. The summed E-state index contributed by atoms with van der Waals surface area (Å²) in [5, 5.41) is 3.29. The highest BCUT2D eigenvalue weighted by Crippen LogP contribution is 2.26. The fraction of sp³-hybridized carbons (Fsp3) is 0.500. The van der Waals surface area contributed by atoms with E-state index in [4.69, 9.17) is 4.74 Å². The number of benzene rings is 2. The van der Waals surface area contributed by atoms with E-state index in [1.54, 1.807) is 0 Å². The van der Waals surface area contributed by atoms with E-state index >= 15 is 0 Å². The number of amides is 2. The molecule has 0 spiro atoms. The van der Waals surface area contributed by atoms with Crippen molar-refractivity contribution < 1.29 is 14.3 Å². The summed E-state index contributed by atoms with van der Waals surface area (Å²) in [6.45, 7) is 10.3. The van der Waals surface area contributed by atoms with Crippen LogP contribution in [0.3, 0.4) is 0 Å². The van der Waals surface area contributed by atoms with Crippen molar-refractivity contribution in [3.8, 4) is 5.75 Å². The molecular weight excluding hydrogens is 412 g/mol. The monoisotopic (exact) mass is 450 g/mol. The maximum absolute atomic E-state index is 13.0. The summed E-state index contributed by atoms with van der Waals surface area (Å²) in [7, 11) is 0. The largest absolute Gasteiger partial charge is 0.493 e. The predicted octanol–water partition coefficient (Wildman–Crippen LogP) is 5.33. The van der Waals surface area contributed by atoms with Gasteiger partial charge < -0.3 is 15.0 Å². The van der Waals surface area contributed by atoms with Crippen LogP contribution in [0.4, 0.5) is 0 Å². The summed E-state index contributed by atoms with van der Waals surface area (Å²) in [6.07, 6.45) is 1.76. The van der Waals surface area contributed by atoms with E-state index in [2.05, 4.69) is 57.3 Å². The molecule has 0 aromatic heterocycles. The van der Waals surface area contributed by atoms with Crippen LogP contribution in [0, 0.1) is 11.8 Å². The van der Waals surface area contributed by atoms with E-state index in [0.717, 1.165) is 11.3 Å². The lowest BCUT2D eigenvalue weighted by Crippen LogP contribution is -2.44. The summed E-state index contributed by atoms with van der Waals surface area (Å²) in [5.74, 6) is 1.70. The second-order valence-corrected chi connectivity index (χ2v) is 9.62. The Hall–Kier alpha value is -2.82. The lowest BCUT2D eigenvalue weighted by atomic mass is 9.91. The summed E-state index contributed by atoms with van der Waals surface area (Å²) in [6, 6.07) is 18.1. The van der Waals surface area contributed by atoms with Crippen molar-refractivity contribution in [2.45, 2.75) is 58.9 Å². The van der Waals surface area contributed by atoms with Crippen LogP contribution in [-0.4, -0.2) is 36.4 Å². The number of hydrogen-bond donors (Lipinski definition) is 1. The van der Waals surface area contributed by atoms with Gasteiger partial charge in [-0.3, -0.25) is 9.59 Å². The highest BCUT2D eigenvalue weighted by atomic mass is 16.5. The minimum atomic E-state index is -0.0502. The van der Waals surface area contributed by atoms with Crippen molar-refractivity contribution in [3.05, 3.63) is 65.7 Å². The first-order valence-corrected chi connectivity index (χ1v) is 12.2. The van der Waals surface area contributed by atoms with Crippen molar-refractivity contribution in [2.75, 3.05) is 19.7 Å². The molecule has 3 rings (SSSR count). The van der Waals surface area contributed by atoms with Gasteiger partial charge in [-0.2, -0.15) is 0 Å². The zero-order chi connectivity index (χ0) is 23.8. The number of carbonyl (C=O) groups is 2. The first-order valence-electron chi connectivity index (χ1n) is 12.2. The molecule has 2 aromatic rings. The highest BCUT2D eigenvalue weighted by molar-refractivity contribution is 5.80. The molecule has 1 unspecified atom stereocenters. The zero-order valence-electron chi connectivity index (χ0n) is 20.4. The average molecular weight is 451 g/mol. The highest BCUT2D eigenvalue weighted by Gasteiger charge is 2.29. The standard InChI is InChI=1S/C28H38N2O3/c1-20(2)22-10-12-23(13-11-22)27(21(3)4)29-28(32)24-14-17-30(18-15-24)26(31)16-19-33-25-8-6-5-7-9-25/h5-13,20-21,24,27H,14-19H2,1-4H3,(H,29,32). The van der Waals surface area contributed by atoms with Gasteiger partial charge in [0, 0.05) is 19.0 Å². The van der Waals surface area contributed by atoms with Gasteiger partial charge in [0.1, 0.15) is 5.75 Å². The molecule has 178 valence electrons. The second-order valence-electron chi connectivity index (χ2n) is 9.62. The van der Waals surface area contributed by atoms with E-state index < -0.39 is 0 Å². The Kier molecular flexibility index (Phi) is 8.93. The van der Waals surface area contributed by atoms with Crippen molar-refractivity contribution >= 4 is 11.8 Å². The molecule has 1 aliphatic rings. The van der Waals surface area contributed by atoms with Gasteiger partial charge >= 0.3 is 0 Å². The summed E-state index contributed by atoms with van der Waals surface area (Å²) in [4.78, 5) is 27.4. The number of carbonyl (C=O) groups excluding carboxylic acids is 2. The number of rotatable bonds is 9. The van der Waals surface area contributed by atoms with Crippen LogP contribution in [0.15, 0.2) is 54.6 Å². The molecule has 1 heterocycles. The van der Waals surface area contributed by atoms with Crippen LogP contribution in [0.1, 0.15) is 70.0 Å². The fourth-order valence-electron chi connectivity index (χ4n) is 4.32. The maximum Gasteiger partial charge on any atom is 0.225 e. The normalized spacial score (nSPS) is 15.5. The first kappa shape index (κ1) is 24.8. The summed E-state index contributed by atoms with van der Waals surface area (Å²) in [5.41, 5.74) is 2.45. The molecule has 2 amide bonds. The first-order chi connectivity index (χ1) is 15.8. The van der Waals surface area contributed by atoms with E-state index in [1.165, 1.54) is 5.56 Å². The molecule has 5 nitrogen and oxygen atoms in total. The molecule has 5 heteroatoms. The summed E-state index contributed by atoms with van der Waals surface area (Å²) < 4.78 is 5.64. The molecule has 0 bridgehead atoms. The van der Waals surface area contributed by atoms with Crippen LogP contribution < -0.4 is 10.1 Å². The fourth-order valence-corrected chi connectivity index (χ4v) is 4.32. The molecule has 1 aliphatic heterocycles. The third-order valence-corrected chi connectivity index (χ3v) is 6.47. The molecule has 1 saturated heterocycles. The number of nitrogens with one attached hydrogen (secondary N) is 1. The quantitative estimate of drug-likeness (QED) is 0.562. The molecule has 0 aliphatic carbocycles. The van der Waals surface area contributed by atoms with Gasteiger partial charge in [0.05, 0.1) is 19.1 Å². The van der Waals surface area contributed by atoms with Crippen molar-refractivity contribution in [3.63, 3.8) is 0 Å². The maximum atomic E-state index is 13.0. The third kappa shape index (κ3) is 7.08. The SMILES string of the molecule is CC(C)c1ccc(C(NC(=O)C2CCN(C(=O)CCOc3ccccc3)CC2)C(C)C)cc1. The van der Waals surface area contributed by atoms with Crippen LogP contribution >= 0.6 is 0 Å². The van der Waals surface area contributed by atoms with Crippen molar-refractivity contribution in [1.29, 1.82) is 0 Å². The van der Waals surface area contributed by atoms with E-state index in [9.17, 15) is 9.59 Å². The van der Waals surface area contributed by atoms with Crippen LogP contribution in [0.25, 0.3) is 0 Å². The van der Waals surface area contributed by atoms with Gasteiger partial charge in [-0.15, -0.1) is 0 Å². The Bertz CT molecular complexity index is 885. The van der Waals surface area contributed by atoms with Crippen molar-refractivity contribution in [1.82, 2.24) is 10.2 Å². The lowest BCUT2D eigenvalue weighted by Gasteiger charge is -2.33. The molecule has 1 atom stereocenters. The van der Waals surface area contributed by atoms with Crippen LogP contribution in [-0.2, 0) is 9.59 Å². The molecule has 0 saturated carbocycles. The second kappa shape index (κ2) is 11.9. The van der Waals surface area contributed by atoms with E-state index in [0.29, 0.717) is 50.8 Å². The Balaban J connectivity index is 1.46. The number of ether oxygens (including phenoxy) is 1. The number of likely N-dealkylation sites (tertiary alicyclic amines) is 1. The Morgan fingerprint density at radius 1 is 0.939 bits per heavy atom. The molecule has 1 fully saturated rings. The predicted molar refractivity (Wildman–Crippen MR) is 132 cm³/mol. The Morgan fingerprint density at radius 2 is 1.55 bits per heavy atom. The number of para-hydroxylation sites is 1. The summed E-state index contributed by atoms with van der Waals surface area (Å²) >= 11 is 0. The molecule has 2 aromatic carbocycles. The average Bonchev–Trinajstić information content (AvgIpc) is 2.83. The molecule has 0 radical (unpaired) electrons. The van der Waals surface area contributed by atoms with Crippen LogP contribution in [0.2, 0.25) is 0 Å². The van der Waals surface area contributed by atoms with E-state index in [-0.39, 0.29) is 23.8 Å². The minimum absolute atomic E-state index is 0.00601. The van der Waals surface area contributed by atoms with E-state index in [1.807, 2.05) is 35.2 Å². The number of nitrogens with zero attached hydrogens (tertiary/aromatic N) is 1. The minimum Gasteiger partial charge on any atom is -0.493 e. The molecule has 33 heavy (non-hydrogen) atoms. The van der Waals surface area contributed by atoms with Crippen molar-refractivity contribution in [2.24, 2.45) is 11.8 Å². The van der Waals surface area contributed by atoms with Gasteiger partial charge in [0.15, 0.2) is 0 Å². The molecule has 1 N–H and O–H groups in total. The number of piperidine rings is 1. The molecular formula is C28H38N2O3.